The molecule has 6 nitrogen and oxygen atoms in total. The fourth-order valence-electron chi connectivity index (χ4n) is 1.72. The molecule has 96 valence electrons. The number of hydrogen-bond acceptors (Lipinski definition) is 5. The van der Waals surface area contributed by atoms with Gasteiger partial charge in [0.1, 0.15) is 11.5 Å². The monoisotopic (exact) mass is 246 g/mol. The van der Waals surface area contributed by atoms with Gasteiger partial charge in [-0.3, -0.25) is 5.10 Å². The van der Waals surface area contributed by atoms with E-state index in [1.807, 2.05) is 13.0 Å². The number of rotatable bonds is 4. The van der Waals surface area contributed by atoms with E-state index in [-0.39, 0.29) is 5.95 Å². The molecule has 0 aliphatic heterocycles. The third kappa shape index (κ3) is 2.82. The second kappa shape index (κ2) is 5.12. The van der Waals surface area contributed by atoms with E-state index in [0.29, 0.717) is 17.4 Å². The molecule has 0 saturated carbocycles. The molecular formula is C12H18N6. The van der Waals surface area contributed by atoms with Crippen molar-refractivity contribution in [3.63, 3.8) is 0 Å². The van der Waals surface area contributed by atoms with Crippen molar-refractivity contribution in [3.8, 4) is 11.5 Å². The van der Waals surface area contributed by atoms with Crippen molar-refractivity contribution in [1.82, 2.24) is 25.1 Å². The summed E-state index contributed by atoms with van der Waals surface area (Å²) in [5.41, 5.74) is 7.33. The molecule has 0 amide bonds. The van der Waals surface area contributed by atoms with E-state index in [2.05, 4.69) is 39.0 Å². The smallest absolute Gasteiger partial charge is 0.220 e. The van der Waals surface area contributed by atoms with Gasteiger partial charge in [0.2, 0.25) is 5.95 Å². The number of anilines is 1. The van der Waals surface area contributed by atoms with E-state index in [4.69, 9.17) is 5.73 Å². The van der Waals surface area contributed by atoms with Crippen LogP contribution in [0.4, 0.5) is 5.95 Å². The molecule has 0 bridgehead atoms. The van der Waals surface area contributed by atoms with Crippen molar-refractivity contribution in [2.24, 2.45) is 5.92 Å². The minimum atomic E-state index is 0.269. The molecule has 0 unspecified atom stereocenters. The van der Waals surface area contributed by atoms with Gasteiger partial charge in [-0.1, -0.05) is 20.8 Å². The molecule has 6 heteroatoms. The molecule has 0 fully saturated rings. The van der Waals surface area contributed by atoms with Crippen molar-refractivity contribution in [2.45, 2.75) is 33.6 Å². The van der Waals surface area contributed by atoms with E-state index in [1.54, 1.807) is 0 Å². The maximum Gasteiger partial charge on any atom is 0.220 e. The summed E-state index contributed by atoms with van der Waals surface area (Å²) in [6.07, 6.45) is 1.68. The van der Waals surface area contributed by atoms with Gasteiger partial charge in [0.05, 0.1) is 0 Å². The number of nitrogens with one attached hydrogen (secondary N) is 1. The highest BCUT2D eigenvalue weighted by Gasteiger charge is 2.10. The van der Waals surface area contributed by atoms with Crippen LogP contribution in [0, 0.1) is 5.92 Å². The van der Waals surface area contributed by atoms with Gasteiger partial charge in [-0.2, -0.15) is 5.10 Å². The molecule has 18 heavy (non-hydrogen) atoms. The summed E-state index contributed by atoms with van der Waals surface area (Å²) < 4.78 is 0. The summed E-state index contributed by atoms with van der Waals surface area (Å²) in [7, 11) is 0. The van der Waals surface area contributed by atoms with E-state index in [0.717, 1.165) is 24.4 Å². The molecule has 0 saturated heterocycles. The van der Waals surface area contributed by atoms with Gasteiger partial charge in [0.15, 0.2) is 5.82 Å². The predicted molar refractivity (Wildman–Crippen MR) is 69.7 cm³/mol. The number of aromatic amines is 1. The lowest BCUT2D eigenvalue weighted by molar-refractivity contribution is 0.635. The Bertz CT molecular complexity index is 531. The molecule has 2 heterocycles. The Balaban J connectivity index is 2.35. The zero-order valence-electron chi connectivity index (χ0n) is 10.9. The molecule has 0 radical (unpaired) electrons. The van der Waals surface area contributed by atoms with E-state index in [9.17, 15) is 0 Å². The lowest BCUT2D eigenvalue weighted by Crippen LogP contribution is -2.04. The molecule has 2 aromatic rings. The zero-order valence-corrected chi connectivity index (χ0v) is 10.9. The van der Waals surface area contributed by atoms with Crippen LogP contribution in [0.25, 0.3) is 11.5 Å². The molecule has 3 N–H and O–H groups in total. The number of aromatic nitrogens is 5. The Hall–Kier alpha value is -1.98. The Morgan fingerprint density at radius 1 is 1.28 bits per heavy atom. The first-order chi connectivity index (χ1) is 8.58. The third-order valence-electron chi connectivity index (χ3n) is 2.51. The minimum absolute atomic E-state index is 0.269. The van der Waals surface area contributed by atoms with Crippen LogP contribution < -0.4 is 5.73 Å². The Kier molecular flexibility index (Phi) is 3.55. The number of H-pyrrole nitrogens is 1. The van der Waals surface area contributed by atoms with Crippen LogP contribution >= 0.6 is 0 Å². The highest BCUT2D eigenvalue weighted by Crippen LogP contribution is 2.16. The molecule has 2 rings (SSSR count). The van der Waals surface area contributed by atoms with Gasteiger partial charge in [0.25, 0.3) is 0 Å². The summed E-state index contributed by atoms with van der Waals surface area (Å²) in [5, 5.41) is 7.01. The Morgan fingerprint density at radius 3 is 2.67 bits per heavy atom. The standard InChI is InChI=1S/C12H18N6/c1-4-10-16-11(18-17-10)9-6-8(5-7(2)3)14-12(13)15-9/h6-7H,4-5H2,1-3H3,(H2,13,14,15)(H,16,17,18). The van der Waals surface area contributed by atoms with Crippen LogP contribution in [-0.4, -0.2) is 25.1 Å². The van der Waals surface area contributed by atoms with E-state index < -0.39 is 0 Å². The number of aryl methyl sites for hydroxylation is 1. The van der Waals surface area contributed by atoms with E-state index in [1.165, 1.54) is 0 Å². The van der Waals surface area contributed by atoms with Crippen molar-refractivity contribution < 1.29 is 0 Å². The third-order valence-corrected chi connectivity index (χ3v) is 2.51. The summed E-state index contributed by atoms with van der Waals surface area (Å²) in [6, 6.07) is 1.90. The topological polar surface area (TPSA) is 93.4 Å². The van der Waals surface area contributed by atoms with Crippen LogP contribution in [0.1, 0.15) is 32.3 Å². The van der Waals surface area contributed by atoms with Gasteiger partial charge in [0, 0.05) is 12.1 Å². The summed E-state index contributed by atoms with van der Waals surface area (Å²) >= 11 is 0. The summed E-state index contributed by atoms with van der Waals surface area (Å²) in [5.74, 6) is 2.20. The highest BCUT2D eigenvalue weighted by atomic mass is 15.2. The van der Waals surface area contributed by atoms with Gasteiger partial charge >= 0.3 is 0 Å². The first kappa shape index (κ1) is 12.5. The van der Waals surface area contributed by atoms with Crippen LogP contribution in [0.5, 0.6) is 0 Å². The van der Waals surface area contributed by atoms with E-state index >= 15 is 0 Å². The highest BCUT2D eigenvalue weighted by molar-refractivity contribution is 5.51. The molecular weight excluding hydrogens is 228 g/mol. The minimum Gasteiger partial charge on any atom is -0.368 e. The largest absolute Gasteiger partial charge is 0.368 e. The second-order valence-electron chi connectivity index (χ2n) is 4.66. The molecule has 0 aliphatic carbocycles. The van der Waals surface area contributed by atoms with Crippen molar-refractivity contribution in [2.75, 3.05) is 5.73 Å². The van der Waals surface area contributed by atoms with Gasteiger partial charge in [-0.25, -0.2) is 15.0 Å². The number of hydrogen-bond donors (Lipinski definition) is 2. The van der Waals surface area contributed by atoms with Crippen LogP contribution in [0.15, 0.2) is 6.07 Å². The fourth-order valence-corrected chi connectivity index (χ4v) is 1.72. The normalized spacial score (nSPS) is 11.1. The molecule has 0 spiro atoms. The van der Waals surface area contributed by atoms with Crippen LogP contribution in [-0.2, 0) is 12.8 Å². The van der Waals surface area contributed by atoms with Gasteiger partial charge in [-0.15, -0.1) is 0 Å². The van der Waals surface area contributed by atoms with Gasteiger partial charge < -0.3 is 5.73 Å². The Morgan fingerprint density at radius 2 is 2.06 bits per heavy atom. The zero-order chi connectivity index (χ0) is 13.1. The molecule has 0 atom stereocenters. The first-order valence-electron chi connectivity index (χ1n) is 6.13. The summed E-state index contributed by atoms with van der Waals surface area (Å²) in [6.45, 7) is 6.29. The lowest BCUT2D eigenvalue weighted by atomic mass is 10.1. The average molecular weight is 246 g/mol. The fraction of sp³-hybridized carbons (Fsp3) is 0.500. The summed E-state index contributed by atoms with van der Waals surface area (Å²) in [4.78, 5) is 12.8. The Labute approximate surface area is 106 Å². The van der Waals surface area contributed by atoms with Crippen molar-refractivity contribution in [1.29, 1.82) is 0 Å². The van der Waals surface area contributed by atoms with Gasteiger partial charge in [-0.05, 0) is 18.4 Å². The molecule has 0 aliphatic rings. The number of nitrogens with zero attached hydrogens (tertiary/aromatic N) is 4. The SMILES string of the molecule is CCc1nc(-c2cc(CC(C)C)nc(N)n2)n[nH]1. The predicted octanol–water partition coefficient (Wildman–Crippen LogP) is 1.60. The van der Waals surface area contributed by atoms with Crippen LogP contribution in [0.3, 0.4) is 0 Å². The quantitative estimate of drug-likeness (QED) is 0.854. The lowest BCUT2D eigenvalue weighted by Gasteiger charge is -2.05. The number of nitrogens with two attached hydrogens (primary N) is 1. The maximum atomic E-state index is 5.72. The second-order valence-corrected chi connectivity index (χ2v) is 4.66. The van der Waals surface area contributed by atoms with Crippen LogP contribution in [0.2, 0.25) is 0 Å². The molecule has 0 aromatic carbocycles. The first-order valence-corrected chi connectivity index (χ1v) is 6.13. The van der Waals surface area contributed by atoms with Crippen molar-refractivity contribution in [3.05, 3.63) is 17.6 Å². The molecule has 2 aromatic heterocycles. The average Bonchev–Trinajstić information content (AvgIpc) is 2.75. The van der Waals surface area contributed by atoms with Crippen molar-refractivity contribution >= 4 is 5.95 Å². The number of nitrogen functional groups attached to an aromatic ring is 1. The maximum absolute atomic E-state index is 5.72.